The van der Waals surface area contributed by atoms with E-state index in [1.807, 2.05) is 13.0 Å². The first-order valence-electron chi connectivity index (χ1n) is 3.91. The van der Waals surface area contributed by atoms with Gasteiger partial charge in [-0.1, -0.05) is 0 Å². The van der Waals surface area contributed by atoms with Crippen molar-refractivity contribution < 1.29 is 4.42 Å². The molecule has 0 aliphatic carbocycles. The number of nitriles is 1. The molecule has 13 heavy (non-hydrogen) atoms. The molecule has 2 aromatic rings. The number of anilines is 1. The predicted molar refractivity (Wildman–Crippen MR) is 50.1 cm³/mol. The van der Waals surface area contributed by atoms with Crippen LogP contribution >= 0.6 is 0 Å². The summed E-state index contributed by atoms with van der Waals surface area (Å²) in [6.45, 7) is 1.83. The number of hydrogen-bond acceptors (Lipinski definition) is 3. The Morgan fingerprint density at radius 3 is 2.92 bits per heavy atom. The molecule has 64 valence electrons. The summed E-state index contributed by atoms with van der Waals surface area (Å²) in [7, 11) is 0. The van der Waals surface area contributed by atoms with Gasteiger partial charge in [0.05, 0.1) is 5.56 Å². The van der Waals surface area contributed by atoms with Crippen molar-refractivity contribution in [3.63, 3.8) is 0 Å². The van der Waals surface area contributed by atoms with Crippen molar-refractivity contribution >= 4 is 16.7 Å². The molecule has 0 radical (unpaired) electrons. The Kier molecular flexibility index (Phi) is 1.49. The molecular formula is C10H8N2O. The number of fused-ring (bicyclic) bond motifs is 1. The Balaban J connectivity index is 2.94. The molecule has 0 saturated carbocycles. The van der Waals surface area contributed by atoms with Crippen molar-refractivity contribution in [1.82, 2.24) is 0 Å². The smallest absolute Gasteiger partial charge is 0.154 e. The second kappa shape index (κ2) is 2.53. The third-order valence-electron chi connectivity index (χ3n) is 1.96. The first-order valence-corrected chi connectivity index (χ1v) is 3.91. The van der Waals surface area contributed by atoms with Crippen LogP contribution in [0.4, 0.5) is 5.69 Å². The van der Waals surface area contributed by atoms with Gasteiger partial charge in [0.1, 0.15) is 11.8 Å². The van der Waals surface area contributed by atoms with Gasteiger partial charge in [-0.05, 0) is 25.1 Å². The zero-order valence-corrected chi connectivity index (χ0v) is 7.16. The van der Waals surface area contributed by atoms with Crippen LogP contribution < -0.4 is 5.73 Å². The van der Waals surface area contributed by atoms with E-state index in [9.17, 15) is 0 Å². The number of benzene rings is 1. The molecule has 3 heteroatoms. The van der Waals surface area contributed by atoms with E-state index in [1.165, 1.54) is 0 Å². The molecule has 0 unspecified atom stereocenters. The largest absolute Gasteiger partial charge is 0.460 e. The van der Waals surface area contributed by atoms with Crippen molar-refractivity contribution in [3.05, 3.63) is 29.5 Å². The molecule has 0 aliphatic heterocycles. The molecule has 1 heterocycles. The lowest BCUT2D eigenvalue weighted by Crippen LogP contribution is -1.85. The molecule has 2 N–H and O–H groups in total. The van der Waals surface area contributed by atoms with E-state index in [2.05, 4.69) is 6.07 Å². The van der Waals surface area contributed by atoms with Crippen molar-refractivity contribution in [1.29, 1.82) is 5.26 Å². The first-order chi connectivity index (χ1) is 6.22. The van der Waals surface area contributed by atoms with Gasteiger partial charge in [-0.25, -0.2) is 0 Å². The molecule has 3 nitrogen and oxygen atoms in total. The number of nitrogens with two attached hydrogens (primary N) is 1. The first kappa shape index (κ1) is 7.69. The fourth-order valence-corrected chi connectivity index (χ4v) is 1.36. The van der Waals surface area contributed by atoms with Crippen molar-refractivity contribution in [2.75, 3.05) is 5.73 Å². The average Bonchev–Trinajstić information content (AvgIpc) is 2.48. The maximum absolute atomic E-state index is 8.78. The van der Waals surface area contributed by atoms with Gasteiger partial charge in [0.15, 0.2) is 5.58 Å². The Morgan fingerprint density at radius 2 is 2.23 bits per heavy atom. The van der Waals surface area contributed by atoms with Gasteiger partial charge in [0, 0.05) is 11.1 Å². The predicted octanol–water partition coefficient (Wildman–Crippen LogP) is 2.20. The zero-order chi connectivity index (χ0) is 9.42. The summed E-state index contributed by atoms with van der Waals surface area (Å²) in [5.74, 6) is 0.768. The van der Waals surface area contributed by atoms with E-state index >= 15 is 0 Å². The fourth-order valence-electron chi connectivity index (χ4n) is 1.36. The molecule has 2 rings (SSSR count). The van der Waals surface area contributed by atoms with Crippen LogP contribution in [0.2, 0.25) is 0 Å². The summed E-state index contributed by atoms with van der Waals surface area (Å²) in [5, 5.41) is 9.60. The minimum absolute atomic E-state index is 0.525. The van der Waals surface area contributed by atoms with Gasteiger partial charge in [0.25, 0.3) is 0 Å². The second-order valence-corrected chi connectivity index (χ2v) is 2.91. The number of furan rings is 1. The molecule has 0 aliphatic rings. The number of rotatable bonds is 0. The van der Waals surface area contributed by atoms with Crippen LogP contribution in [0, 0.1) is 18.3 Å². The lowest BCUT2D eigenvalue weighted by Gasteiger charge is -1.95. The highest BCUT2D eigenvalue weighted by Gasteiger charge is 2.08. The molecular weight excluding hydrogens is 164 g/mol. The van der Waals surface area contributed by atoms with Crippen LogP contribution in [0.25, 0.3) is 11.0 Å². The zero-order valence-electron chi connectivity index (χ0n) is 7.16. The van der Waals surface area contributed by atoms with Crippen molar-refractivity contribution in [3.8, 4) is 6.07 Å². The number of nitrogen functional groups attached to an aromatic ring is 1. The van der Waals surface area contributed by atoms with Gasteiger partial charge in [-0.3, -0.25) is 0 Å². The number of hydrogen-bond donors (Lipinski definition) is 1. The van der Waals surface area contributed by atoms with Crippen molar-refractivity contribution in [2.24, 2.45) is 0 Å². The minimum atomic E-state index is 0.525. The Labute approximate surface area is 75.4 Å². The molecule has 1 aromatic heterocycles. The molecule has 0 spiro atoms. The quantitative estimate of drug-likeness (QED) is 0.619. The van der Waals surface area contributed by atoms with Crippen LogP contribution in [0.1, 0.15) is 11.3 Å². The van der Waals surface area contributed by atoms with Crippen LogP contribution in [0.3, 0.4) is 0 Å². The molecule has 0 fully saturated rings. The van der Waals surface area contributed by atoms with E-state index in [0.29, 0.717) is 16.8 Å². The summed E-state index contributed by atoms with van der Waals surface area (Å²) < 4.78 is 5.37. The molecule has 0 amide bonds. The molecule has 0 atom stereocenters. The molecule has 0 bridgehead atoms. The lowest BCUT2D eigenvalue weighted by molar-refractivity contribution is 0.578. The monoisotopic (exact) mass is 172 g/mol. The third-order valence-corrected chi connectivity index (χ3v) is 1.96. The van der Waals surface area contributed by atoms with E-state index < -0.39 is 0 Å². The lowest BCUT2D eigenvalue weighted by atomic mass is 10.1. The summed E-state index contributed by atoms with van der Waals surface area (Å²) in [5.41, 5.74) is 7.48. The minimum Gasteiger partial charge on any atom is -0.460 e. The van der Waals surface area contributed by atoms with Crippen LogP contribution in [-0.4, -0.2) is 0 Å². The standard InChI is InChI=1S/C10H8N2O/c1-6-4-8-9(12)3-2-7(5-11)10(8)13-6/h2-4H,12H2,1H3. The summed E-state index contributed by atoms with van der Waals surface area (Å²) in [6, 6.07) is 7.29. The van der Waals surface area contributed by atoms with Crippen LogP contribution in [0.5, 0.6) is 0 Å². The number of nitrogens with zero attached hydrogens (tertiary/aromatic N) is 1. The molecule has 0 saturated heterocycles. The highest BCUT2D eigenvalue weighted by atomic mass is 16.3. The summed E-state index contributed by atoms with van der Waals surface area (Å²) >= 11 is 0. The van der Waals surface area contributed by atoms with Crippen molar-refractivity contribution in [2.45, 2.75) is 6.92 Å². The Hall–Kier alpha value is -1.95. The van der Waals surface area contributed by atoms with Gasteiger partial charge >= 0.3 is 0 Å². The van der Waals surface area contributed by atoms with E-state index in [-0.39, 0.29) is 0 Å². The molecule has 1 aromatic carbocycles. The summed E-state index contributed by atoms with van der Waals surface area (Å²) in [4.78, 5) is 0. The second-order valence-electron chi connectivity index (χ2n) is 2.91. The van der Waals surface area contributed by atoms with Gasteiger partial charge in [-0.2, -0.15) is 5.26 Å². The maximum atomic E-state index is 8.78. The van der Waals surface area contributed by atoms with Crippen LogP contribution in [-0.2, 0) is 0 Å². The SMILES string of the molecule is Cc1cc2c(N)ccc(C#N)c2o1. The van der Waals surface area contributed by atoms with E-state index in [4.69, 9.17) is 15.4 Å². The number of aryl methyl sites for hydroxylation is 1. The average molecular weight is 172 g/mol. The van der Waals surface area contributed by atoms with Crippen LogP contribution in [0.15, 0.2) is 22.6 Å². The van der Waals surface area contributed by atoms with E-state index in [1.54, 1.807) is 12.1 Å². The Morgan fingerprint density at radius 1 is 1.46 bits per heavy atom. The van der Waals surface area contributed by atoms with Gasteiger partial charge < -0.3 is 10.2 Å². The summed E-state index contributed by atoms with van der Waals surface area (Å²) in [6.07, 6.45) is 0. The highest BCUT2D eigenvalue weighted by Crippen LogP contribution is 2.27. The van der Waals surface area contributed by atoms with Gasteiger partial charge in [0.2, 0.25) is 0 Å². The normalized spacial score (nSPS) is 10.2. The third kappa shape index (κ3) is 1.04. The fraction of sp³-hybridized carbons (Fsp3) is 0.100. The Bertz CT molecular complexity index is 505. The van der Waals surface area contributed by atoms with E-state index in [0.717, 1.165) is 11.1 Å². The highest BCUT2D eigenvalue weighted by molar-refractivity contribution is 5.93. The topological polar surface area (TPSA) is 63.0 Å². The maximum Gasteiger partial charge on any atom is 0.154 e. The van der Waals surface area contributed by atoms with Gasteiger partial charge in [-0.15, -0.1) is 0 Å².